The first-order valence-corrected chi connectivity index (χ1v) is 9.92. The highest BCUT2D eigenvalue weighted by Gasteiger charge is 2.25. The van der Waals surface area contributed by atoms with Gasteiger partial charge in [0.1, 0.15) is 18.0 Å². The molecule has 29 heavy (non-hydrogen) atoms. The van der Waals surface area contributed by atoms with Gasteiger partial charge in [-0.25, -0.2) is 4.99 Å². The molecule has 2 aromatic rings. The molecule has 1 aliphatic rings. The number of rotatable bonds is 6. The number of morpholine rings is 1. The van der Waals surface area contributed by atoms with E-state index in [1.165, 1.54) is 5.56 Å². The molecule has 1 fully saturated rings. The van der Waals surface area contributed by atoms with Gasteiger partial charge in [0.2, 0.25) is 0 Å². The normalized spacial score (nSPS) is 18.1. The summed E-state index contributed by atoms with van der Waals surface area (Å²) in [5.41, 5.74) is 2.29. The predicted molar refractivity (Wildman–Crippen MR) is 126 cm³/mol. The van der Waals surface area contributed by atoms with Crippen molar-refractivity contribution in [3.8, 4) is 5.75 Å². The van der Waals surface area contributed by atoms with E-state index in [-0.39, 0.29) is 36.2 Å². The molecule has 0 aliphatic carbocycles. The molecule has 1 saturated heterocycles. The number of aryl methyl sites for hydroxylation is 2. The van der Waals surface area contributed by atoms with Gasteiger partial charge >= 0.3 is 0 Å². The van der Waals surface area contributed by atoms with Gasteiger partial charge in [0, 0.05) is 31.9 Å². The van der Waals surface area contributed by atoms with Crippen LogP contribution in [0.2, 0.25) is 0 Å². The Morgan fingerprint density at radius 2 is 2.28 bits per heavy atom. The van der Waals surface area contributed by atoms with Gasteiger partial charge in [0.25, 0.3) is 0 Å². The van der Waals surface area contributed by atoms with E-state index in [1.807, 2.05) is 44.6 Å². The molecule has 8 heteroatoms. The zero-order valence-electron chi connectivity index (χ0n) is 17.7. The summed E-state index contributed by atoms with van der Waals surface area (Å²) < 4.78 is 13.8. The van der Waals surface area contributed by atoms with E-state index in [2.05, 4.69) is 35.2 Å². The Labute approximate surface area is 190 Å². The lowest BCUT2D eigenvalue weighted by atomic mass is 10.1. The van der Waals surface area contributed by atoms with Crippen LogP contribution < -0.4 is 10.1 Å². The molecule has 0 bridgehead atoms. The Balaban J connectivity index is 0.00000300. The number of hydrogen-bond donors (Lipinski definition) is 1. The van der Waals surface area contributed by atoms with Crippen LogP contribution in [0.1, 0.15) is 31.1 Å². The molecular weight excluding hydrogens is 481 g/mol. The van der Waals surface area contributed by atoms with Crippen molar-refractivity contribution in [2.75, 3.05) is 32.8 Å². The van der Waals surface area contributed by atoms with E-state index in [0.717, 1.165) is 36.9 Å². The lowest BCUT2D eigenvalue weighted by molar-refractivity contribution is -0.00808. The van der Waals surface area contributed by atoms with Crippen molar-refractivity contribution in [3.63, 3.8) is 0 Å². The number of halogens is 1. The zero-order chi connectivity index (χ0) is 19.9. The van der Waals surface area contributed by atoms with Gasteiger partial charge in [-0.15, -0.1) is 24.0 Å². The predicted octanol–water partition coefficient (Wildman–Crippen LogP) is 3.15. The second-order valence-electron chi connectivity index (χ2n) is 7.19. The summed E-state index contributed by atoms with van der Waals surface area (Å²) in [5, 5.41) is 7.66. The van der Waals surface area contributed by atoms with E-state index in [4.69, 9.17) is 14.5 Å². The van der Waals surface area contributed by atoms with Crippen molar-refractivity contribution >= 4 is 29.9 Å². The van der Waals surface area contributed by atoms with E-state index >= 15 is 0 Å². The molecule has 3 rings (SSSR count). The lowest BCUT2D eigenvalue weighted by Crippen LogP contribution is -2.48. The minimum Gasteiger partial charge on any atom is -0.489 e. The third-order valence-corrected chi connectivity index (χ3v) is 4.62. The summed E-state index contributed by atoms with van der Waals surface area (Å²) in [6, 6.07) is 8.11. The summed E-state index contributed by atoms with van der Waals surface area (Å²) in [4.78, 5) is 7.07. The Bertz CT molecular complexity index is 795. The number of ether oxygens (including phenoxy) is 2. The molecule has 2 unspecified atom stereocenters. The number of aromatic nitrogens is 2. The monoisotopic (exact) mass is 513 g/mol. The SMILES string of the molecule is CCNC(=NCC(C)Oc1cccc(C)c1)N1CCOC(c2cnn(C)c2)C1.I. The number of nitrogens with one attached hydrogen (secondary N) is 1. The summed E-state index contributed by atoms with van der Waals surface area (Å²) in [6.45, 7) is 9.84. The van der Waals surface area contributed by atoms with Crippen molar-refractivity contribution < 1.29 is 9.47 Å². The minimum atomic E-state index is -0.00869. The standard InChI is InChI=1S/C21H31N5O2.HI/c1-5-22-21(23-12-17(3)28-19-8-6-7-16(2)11-19)26-9-10-27-20(15-26)18-13-24-25(4)14-18;/h6-8,11,13-14,17,20H,5,9-10,12,15H2,1-4H3,(H,22,23);1H. The molecule has 2 heterocycles. The largest absolute Gasteiger partial charge is 0.489 e. The maximum absolute atomic E-state index is 6.02. The maximum Gasteiger partial charge on any atom is 0.194 e. The maximum atomic E-state index is 6.02. The van der Waals surface area contributed by atoms with Gasteiger partial charge in [0.15, 0.2) is 5.96 Å². The van der Waals surface area contributed by atoms with Crippen LogP contribution in [0, 0.1) is 6.92 Å². The Morgan fingerprint density at radius 1 is 1.45 bits per heavy atom. The highest BCUT2D eigenvalue weighted by atomic mass is 127. The number of hydrogen-bond acceptors (Lipinski definition) is 4. The Morgan fingerprint density at radius 3 is 2.97 bits per heavy atom. The van der Waals surface area contributed by atoms with Gasteiger partial charge in [-0.05, 0) is 38.5 Å². The van der Waals surface area contributed by atoms with Gasteiger partial charge in [-0.2, -0.15) is 5.10 Å². The molecule has 1 aromatic heterocycles. The minimum absolute atomic E-state index is 0. The molecule has 1 aliphatic heterocycles. The summed E-state index contributed by atoms with van der Waals surface area (Å²) in [7, 11) is 1.92. The van der Waals surface area contributed by atoms with E-state index in [0.29, 0.717) is 13.2 Å². The third kappa shape index (κ3) is 6.88. The fraction of sp³-hybridized carbons (Fsp3) is 0.524. The third-order valence-electron chi connectivity index (χ3n) is 4.62. The Kier molecular flexibility index (Phi) is 9.22. The van der Waals surface area contributed by atoms with Crippen molar-refractivity contribution in [1.29, 1.82) is 0 Å². The molecule has 0 radical (unpaired) electrons. The average molecular weight is 513 g/mol. The van der Waals surface area contributed by atoms with Crippen LogP contribution in [0.3, 0.4) is 0 Å². The van der Waals surface area contributed by atoms with E-state index in [9.17, 15) is 0 Å². The summed E-state index contributed by atoms with van der Waals surface area (Å²) in [5.74, 6) is 1.79. The fourth-order valence-electron chi connectivity index (χ4n) is 3.25. The molecule has 0 amide bonds. The van der Waals surface area contributed by atoms with Gasteiger partial charge in [-0.1, -0.05) is 12.1 Å². The number of guanidine groups is 1. The van der Waals surface area contributed by atoms with Crippen molar-refractivity contribution in [2.45, 2.75) is 33.0 Å². The number of nitrogens with zero attached hydrogens (tertiary/aromatic N) is 4. The highest BCUT2D eigenvalue weighted by Crippen LogP contribution is 2.21. The van der Waals surface area contributed by atoms with Crippen molar-refractivity contribution in [2.24, 2.45) is 12.0 Å². The molecule has 2 atom stereocenters. The first-order chi connectivity index (χ1) is 13.5. The Hall–Kier alpha value is -1.81. The molecule has 1 N–H and O–H groups in total. The quantitative estimate of drug-likeness (QED) is 0.366. The van der Waals surface area contributed by atoms with Crippen LogP contribution in [0.15, 0.2) is 41.7 Å². The second-order valence-corrected chi connectivity index (χ2v) is 7.19. The molecule has 7 nitrogen and oxygen atoms in total. The first-order valence-electron chi connectivity index (χ1n) is 9.92. The van der Waals surface area contributed by atoms with Gasteiger partial charge < -0.3 is 19.7 Å². The summed E-state index contributed by atoms with van der Waals surface area (Å²) >= 11 is 0. The van der Waals surface area contributed by atoms with Crippen LogP contribution in [-0.2, 0) is 11.8 Å². The van der Waals surface area contributed by atoms with Gasteiger partial charge in [-0.3, -0.25) is 4.68 Å². The van der Waals surface area contributed by atoms with Crippen molar-refractivity contribution in [3.05, 3.63) is 47.8 Å². The molecule has 1 aromatic carbocycles. The smallest absolute Gasteiger partial charge is 0.194 e. The molecule has 0 spiro atoms. The van der Waals surface area contributed by atoms with Crippen LogP contribution in [0.5, 0.6) is 5.75 Å². The number of aliphatic imine (C=N–C) groups is 1. The van der Waals surface area contributed by atoms with E-state index < -0.39 is 0 Å². The highest BCUT2D eigenvalue weighted by molar-refractivity contribution is 14.0. The van der Waals surface area contributed by atoms with Crippen LogP contribution in [-0.4, -0.2) is 59.5 Å². The first kappa shape index (κ1) is 23.5. The van der Waals surface area contributed by atoms with Gasteiger partial charge in [0.05, 0.1) is 25.9 Å². The summed E-state index contributed by atoms with van der Waals surface area (Å²) in [6.07, 6.45) is 3.88. The van der Waals surface area contributed by atoms with Crippen molar-refractivity contribution in [1.82, 2.24) is 20.0 Å². The number of benzene rings is 1. The van der Waals surface area contributed by atoms with Crippen LogP contribution >= 0.6 is 24.0 Å². The molecule has 160 valence electrons. The molecule has 0 saturated carbocycles. The molecular formula is C21H32IN5O2. The lowest BCUT2D eigenvalue weighted by Gasteiger charge is -2.35. The van der Waals surface area contributed by atoms with Crippen LogP contribution in [0.4, 0.5) is 0 Å². The fourth-order valence-corrected chi connectivity index (χ4v) is 3.25. The van der Waals surface area contributed by atoms with Crippen LogP contribution in [0.25, 0.3) is 0 Å². The second kappa shape index (κ2) is 11.4. The zero-order valence-corrected chi connectivity index (χ0v) is 20.0. The van der Waals surface area contributed by atoms with E-state index in [1.54, 1.807) is 4.68 Å². The average Bonchev–Trinajstić information content (AvgIpc) is 3.12. The topological polar surface area (TPSA) is 63.9 Å².